The Hall–Kier alpha value is -4.07. The van der Waals surface area contributed by atoms with Gasteiger partial charge in [0.1, 0.15) is 5.69 Å². The fourth-order valence-electron chi connectivity index (χ4n) is 2.85. The van der Waals surface area contributed by atoms with Gasteiger partial charge in [0, 0.05) is 32.3 Å². The van der Waals surface area contributed by atoms with Crippen molar-refractivity contribution in [2.75, 3.05) is 19.4 Å². The standard InChI is InChI=1S/C22H20N6O2.H2/c1-14-19(20-26-27-22(30-20)24-17-7-5-4-6-8-17)25-18(13-23-14)15-9-11-16(12-10-15)21(29)28(2)3;/h4-13H,1-3H3,(H,24,27);1H. The van der Waals surface area contributed by atoms with Gasteiger partial charge in [-0.25, -0.2) is 4.98 Å². The minimum atomic E-state index is -0.0541. The second-order valence-corrected chi connectivity index (χ2v) is 6.87. The van der Waals surface area contributed by atoms with Crippen LogP contribution in [0.25, 0.3) is 22.8 Å². The molecule has 0 spiro atoms. The van der Waals surface area contributed by atoms with Gasteiger partial charge in [0.25, 0.3) is 11.8 Å². The van der Waals surface area contributed by atoms with E-state index in [4.69, 9.17) is 4.42 Å². The fraction of sp³-hybridized carbons (Fsp3) is 0.136. The number of aryl methyl sites for hydroxylation is 1. The van der Waals surface area contributed by atoms with E-state index in [1.807, 2.05) is 49.4 Å². The number of nitrogens with one attached hydrogen (secondary N) is 1. The molecule has 1 amide bonds. The van der Waals surface area contributed by atoms with Crippen LogP contribution in [0, 0.1) is 6.92 Å². The molecule has 0 unspecified atom stereocenters. The Morgan fingerprint density at radius 3 is 2.47 bits per heavy atom. The van der Waals surface area contributed by atoms with Crippen LogP contribution in [0.2, 0.25) is 0 Å². The summed E-state index contributed by atoms with van der Waals surface area (Å²) < 4.78 is 5.74. The molecule has 0 radical (unpaired) electrons. The van der Waals surface area contributed by atoms with Gasteiger partial charge in [-0.3, -0.25) is 9.78 Å². The number of para-hydroxylation sites is 1. The van der Waals surface area contributed by atoms with Gasteiger partial charge >= 0.3 is 6.01 Å². The highest BCUT2D eigenvalue weighted by molar-refractivity contribution is 5.94. The minimum Gasteiger partial charge on any atom is -0.401 e. The number of rotatable bonds is 5. The van der Waals surface area contributed by atoms with Crippen LogP contribution < -0.4 is 5.32 Å². The Kier molecular flexibility index (Phi) is 5.21. The molecule has 2 aromatic heterocycles. The maximum absolute atomic E-state index is 12.1. The summed E-state index contributed by atoms with van der Waals surface area (Å²) in [7, 11) is 3.44. The first-order chi connectivity index (χ1) is 14.5. The highest BCUT2D eigenvalue weighted by Gasteiger charge is 2.16. The van der Waals surface area contributed by atoms with Crippen molar-refractivity contribution in [2.24, 2.45) is 0 Å². The number of anilines is 2. The summed E-state index contributed by atoms with van der Waals surface area (Å²) in [6.45, 7) is 1.83. The number of hydrogen-bond acceptors (Lipinski definition) is 7. The van der Waals surface area contributed by atoms with Crippen molar-refractivity contribution in [1.29, 1.82) is 0 Å². The Balaban J connectivity index is 0.00000272. The molecule has 8 nitrogen and oxygen atoms in total. The van der Waals surface area contributed by atoms with E-state index in [9.17, 15) is 4.79 Å². The molecule has 0 saturated carbocycles. The lowest BCUT2D eigenvalue weighted by Gasteiger charge is -2.10. The van der Waals surface area contributed by atoms with Crippen molar-refractivity contribution in [3.63, 3.8) is 0 Å². The predicted molar refractivity (Wildman–Crippen MR) is 115 cm³/mol. The number of nitrogens with zero attached hydrogens (tertiary/aromatic N) is 5. The number of amides is 1. The zero-order chi connectivity index (χ0) is 21.1. The quantitative estimate of drug-likeness (QED) is 0.534. The van der Waals surface area contributed by atoms with Gasteiger partial charge in [-0.05, 0) is 31.2 Å². The van der Waals surface area contributed by atoms with E-state index in [0.717, 1.165) is 11.3 Å². The molecule has 2 heterocycles. The SMILES string of the molecule is Cc1ncc(-c2ccc(C(=O)N(C)C)cc2)nc1-c1nnc(Nc2ccccc2)o1.[HH]. The molecule has 0 fully saturated rings. The fourth-order valence-corrected chi connectivity index (χ4v) is 2.85. The maximum atomic E-state index is 12.1. The summed E-state index contributed by atoms with van der Waals surface area (Å²) in [4.78, 5) is 22.7. The molecule has 0 aliphatic heterocycles. The van der Waals surface area contributed by atoms with E-state index < -0.39 is 0 Å². The summed E-state index contributed by atoms with van der Waals surface area (Å²) in [6.07, 6.45) is 1.68. The van der Waals surface area contributed by atoms with Crippen molar-refractivity contribution in [3.05, 3.63) is 72.1 Å². The summed E-state index contributed by atoms with van der Waals surface area (Å²) in [5.74, 6) is 0.223. The van der Waals surface area contributed by atoms with Gasteiger partial charge in [-0.2, -0.15) is 0 Å². The molecule has 152 valence electrons. The summed E-state index contributed by atoms with van der Waals surface area (Å²) in [5.41, 5.74) is 4.12. The third-order valence-corrected chi connectivity index (χ3v) is 4.44. The topological polar surface area (TPSA) is 97.0 Å². The molecule has 0 atom stereocenters. The Bertz CT molecular complexity index is 1180. The smallest absolute Gasteiger partial charge is 0.320 e. The zero-order valence-electron chi connectivity index (χ0n) is 16.8. The van der Waals surface area contributed by atoms with Crippen LogP contribution in [0.4, 0.5) is 11.7 Å². The highest BCUT2D eigenvalue weighted by Crippen LogP contribution is 2.25. The largest absolute Gasteiger partial charge is 0.401 e. The normalized spacial score (nSPS) is 10.6. The third-order valence-electron chi connectivity index (χ3n) is 4.44. The van der Waals surface area contributed by atoms with Crippen molar-refractivity contribution in [1.82, 2.24) is 25.1 Å². The monoisotopic (exact) mass is 402 g/mol. The number of carbonyl (C=O) groups is 1. The van der Waals surface area contributed by atoms with Gasteiger partial charge < -0.3 is 14.6 Å². The van der Waals surface area contributed by atoms with E-state index in [1.165, 1.54) is 4.90 Å². The summed E-state index contributed by atoms with van der Waals surface area (Å²) in [6, 6.07) is 17.1. The lowest BCUT2D eigenvalue weighted by molar-refractivity contribution is 0.0827. The second-order valence-electron chi connectivity index (χ2n) is 6.87. The first-order valence-corrected chi connectivity index (χ1v) is 9.33. The van der Waals surface area contributed by atoms with Crippen molar-refractivity contribution >= 4 is 17.6 Å². The summed E-state index contributed by atoms with van der Waals surface area (Å²) in [5, 5.41) is 11.2. The lowest BCUT2D eigenvalue weighted by Crippen LogP contribution is -2.21. The molecule has 0 aliphatic carbocycles. The molecule has 8 heteroatoms. The predicted octanol–water partition coefficient (Wildman–Crippen LogP) is 4.19. The number of hydrogen-bond donors (Lipinski definition) is 1. The molecule has 0 saturated heterocycles. The van der Waals surface area contributed by atoms with E-state index in [2.05, 4.69) is 25.5 Å². The average molecular weight is 402 g/mol. The van der Waals surface area contributed by atoms with E-state index in [-0.39, 0.29) is 19.2 Å². The number of benzene rings is 2. The van der Waals surface area contributed by atoms with Gasteiger partial charge in [0.2, 0.25) is 0 Å². The molecule has 2 aromatic carbocycles. The van der Waals surface area contributed by atoms with Gasteiger partial charge in [0.05, 0.1) is 17.6 Å². The van der Waals surface area contributed by atoms with Crippen molar-refractivity contribution in [3.8, 4) is 22.8 Å². The van der Waals surface area contributed by atoms with Gasteiger partial charge in [0.15, 0.2) is 0 Å². The van der Waals surface area contributed by atoms with E-state index in [0.29, 0.717) is 22.6 Å². The molecular weight excluding hydrogens is 380 g/mol. The van der Waals surface area contributed by atoms with Crippen LogP contribution in [0.1, 0.15) is 17.5 Å². The van der Waals surface area contributed by atoms with E-state index >= 15 is 0 Å². The molecule has 4 rings (SSSR count). The Morgan fingerprint density at radius 2 is 1.77 bits per heavy atom. The molecule has 30 heavy (non-hydrogen) atoms. The maximum Gasteiger partial charge on any atom is 0.320 e. The molecular formula is C22H22N6O2. The van der Waals surface area contributed by atoms with Gasteiger partial charge in [-0.15, -0.1) is 5.10 Å². The molecule has 4 aromatic rings. The lowest BCUT2D eigenvalue weighted by atomic mass is 10.1. The Morgan fingerprint density at radius 1 is 1.03 bits per heavy atom. The average Bonchev–Trinajstić information content (AvgIpc) is 3.22. The van der Waals surface area contributed by atoms with Crippen molar-refractivity contribution < 1.29 is 10.6 Å². The summed E-state index contributed by atoms with van der Waals surface area (Å²) >= 11 is 0. The minimum absolute atomic E-state index is 0. The van der Waals surface area contributed by atoms with Crippen LogP contribution in [-0.2, 0) is 0 Å². The number of carbonyl (C=O) groups excluding carboxylic acids is 1. The first kappa shape index (κ1) is 19.3. The van der Waals surface area contributed by atoms with Crippen LogP contribution >= 0.6 is 0 Å². The van der Waals surface area contributed by atoms with Crippen LogP contribution in [-0.4, -0.2) is 45.1 Å². The van der Waals surface area contributed by atoms with Crippen LogP contribution in [0.5, 0.6) is 0 Å². The van der Waals surface area contributed by atoms with Gasteiger partial charge in [-0.1, -0.05) is 35.4 Å². The Labute approximate surface area is 175 Å². The second kappa shape index (κ2) is 8.12. The van der Waals surface area contributed by atoms with Crippen molar-refractivity contribution in [2.45, 2.75) is 6.92 Å². The number of aromatic nitrogens is 4. The van der Waals surface area contributed by atoms with E-state index in [1.54, 1.807) is 32.4 Å². The van der Waals surface area contributed by atoms with Crippen LogP contribution in [0.15, 0.2) is 65.2 Å². The zero-order valence-corrected chi connectivity index (χ0v) is 16.8. The van der Waals surface area contributed by atoms with Crippen LogP contribution in [0.3, 0.4) is 0 Å². The molecule has 1 N–H and O–H groups in total. The highest BCUT2D eigenvalue weighted by atomic mass is 16.4. The molecule has 0 aliphatic rings. The first-order valence-electron chi connectivity index (χ1n) is 9.33. The molecule has 0 bridgehead atoms. The third kappa shape index (κ3) is 4.02.